The van der Waals surface area contributed by atoms with Gasteiger partial charge in [-0.2, -0.15) is 0 Å². The molecule has 9 heteroatoms. The third kappa shape index (κ3) is 6.10. The van der Waals surface area contributed by atoms with Crippen molar-refractivity contribution in [1.82, 2.24) is 5.32 Å². The van der Waals surface area contributed by atoms with Crippen LogP contribution in [-0.2, 0) is 23.5 Å². The fourth-order valence-electron chi connectivity index (χ4n) is 2.90. The minimum Gasteiger partial charge on any atom is -0.465 e. The first kappa shape index (κ1) is 22.0. The van der Waals surface area contributed by atoms with Crippen LogP contribution >= 0.6 is 7.37 Å². The van der Waals surface area contributed by atoms with Gasteiger partial charge in [0.25, 0.3) is 7.37 Å². The van der Waals surface area contributed by atoms with Gasteiger partial charge in [0.15, 0.2) is 0 Å². The van der Waals surface area contributed by atoms with E-state index in [0.29, 0.717) is 18.7 Å². The molecule has 0 radical (unpaired) electrons. The minimum atomic E-state index is -3.69. The molecule has 0 aliphatic carbocycles. The predicted octanol–water partition coefficient (Wildman–Crippen LogP) is 2.13. The smallest absolute Gasteiger partial charge is 0.337 e. The molecular formula is C18H28NO7P. The number of ether oxygens (including phenoxy) is 4. The Balaban J connectivity index is 1.95. The normalized spacial score (nSPS) is 22.4. The van der Waals surface area contributed by atoms with Gasteiger partial charge in [0.05, 0.1) is 37.6 Å². The van der Waals surface area contributed by atoms with E-state index in [1.807, 2.05) is 6.07 Å². The molecule has 3 unspecified atom stereocenters. The molecule has 0 spiro atoms. The fourth-order valence-corrected chi connectivity index (χ4v) is 4.65. The topological polar surface area (TPSA) is 103 Å². The Hall–Kier alpha value is -1.28. The average molecular weight is 401 g/mol. The zero-order chi connectivity index (χ0) is 19.9. The molecule has 1 aliphatic heterocycles. The highest BCUT2D eigenvalue weighted by molar-refractivity contribution is 7.58. The molecule has 1 heterocycles. The van der Waals surface area contributed by atoms with Gasteiger partial charge < -0.3 is 29.2 Å². The van der Waals surface area contributed by atoms with Crippen LogP contribution in [0.15, 0.2) is 24.3 Å². The largest absolute Gasteiger partial charge is 0.465 e. The van der Waals surface area contributed by atoms with Gasteiger partial charge in [-0.15, -0.1) is 0 Å². The number of carbonyl (C=O) groups is 1. The number of esters is 1. The van der Waals surface area contributed by atoms with Crippen molar-refractivity contribution in [3.63, 3.8) is 0 Å². The van der Waals surface area contributed by atoms with Crippen LogP contribution in [0, 0.1) is 0 Å². The van der Waals surface area contributed by atoms with E-state index in [0.717, 1.165) is 5.56 Å². The van der Waals surface area contributed by atoms with E-state index in [4.69, 9.17) is 18.9 Å². The van der Waals surface area contributed by atoms with Gasteiger partial charge in [-0.05, 0) is 31.5 Å². The van der Waals surface area contributed by atoms with Crippen molar-refractivity contribution in [2.24, 2.45) is 0 Å². The van der Waals surface area contributed by atoms with Crippen LogP contribution in [0.4, 0.5) is 0 Å². The molecule has 0 bridgehead atoms. The Bertz CT molecular complexity index is 655. The van der Waals surface area contributed by atoms with Gasteiger partial charge in [-0.3, -0.25) is 4.57 Å². The number of hydrogen-bond donors (Lipinski definition) is 2. The van der Waals surface area contributed by atoms with E-state index in [9.17, 15) is 14.3 Å². The van der Waals surface area contributed by atoms with E-state index < -0.39 is 25.5 Å². The second-order valence-electron chi connectivity index (χ2n) is 6.19. The molecule has 1 aromatic rings. The number of hydrogen-bond acceptors (Lipinski definition) is 7. The summed E-state index contributed by atoms with van der Waals surface area (Å²) in [5.41, 5.74) is 1.36. The van der Waals surface area contributed by atoms with E-state index >= 15 is 0 Å². The van der Waals surface area contributed by atoms with E-state index in [1.165, 1.54) is 7.11 Å². The molecule has 0 amide bonds. The Labute approximate surface area is 159 Å². The first-order valence-corrected chi connectivity index (χ1v) is 10.9. The second-order valence-corrected chi connectivity index (χ2v) is 8.49. The van der Waals surface area contributed by atoms with Crippen molar-refractivity contribution in [2.75, 3.05) is 39.6 Å². The number of rotatable bonds is 9. The third-order valence-corrected chi connectivity index (χ3v) is 6.10. The lowest BCUT2D eigenvalue weighted by atomic mass is 10.0. The summed E-state index contributed by atoms with van der Waals surface area (Å²) in [6.45, 7) is 4.80. The number of methoxy groups -OCH3 is 1. The molecular weight excluding hydrogens is 373 g/mol. The Kier molecular flexibility index (Phi) is 8.41. The highest BCUT2D eigenvalue weighted by Gasteiger charge is 2.37. The summed E-state index contributed by atoms with van der Waals surface area (Å²) >= 11 is 0. The molecule has 0 aromatic heterocycles. The zero-order valence-corrected chi connectivity index (χ0v) is 16.8. The lowest BCUT2D eigenvalue weighted by Gasteiger charge is -2.33. The van der Waals surface area contributed by atoms with Crippen molar-refractivity contribution in [1.29, 1.82) is 0 Å². The van der Waals surface area contributed by atoms with Crippen molar-refractivity contribution in [2.45, 2.75) is 32.0 Å². The molecule has 8 nitrogen and oxygen atoms in total. The third-order valence-electron chi connectivity index (χ3n) is 4.21. The maximum atomic E-state index is 12.6. The zero-order valence-electron chi connectivity index (χ0n) is 15.9. The average Bonchev–Trinajstić information content (AvgIpc) is 2.67. The fraction of sp³-hybridized carbons (Fsp3) is 0.611. The maximum Gasteiger partial charge on any atom is 0.337 e. The molecule has 2 N–H and O–H groups in total. The van der Waals surface area contributed by atoms with E-state index in [2.05, 4.69) is 5.32 Å². The van der Waals surface area contributed by atoms with Gasteiger partial charge in [0.1, 0.15) is 0 Å². The van der Waals surface area contributed by atoms with Gasteiger partial charge in [0, 0.05) is 19.8 Å². The minimum absolute atomic E-state index is 0.0560. The SMILES string of the molecule is CCOC(OCC)P(=O)(O)CC1CNC(c2cccc(C(=O)OC)c2)CO1. The van der Waals surface area contributed by atoms with E-state index in [-0.39, 0.29) is 25.4 Å². The van der Waals surface area contributed by atoms with Crippen LogP contribution in [0.25, 0.3) is 0 Å². The first-order chi connectivity index (χ1) is 12.9. The van der Waals surface area contributed by atoms with Crippen LogP contribution in [0.3, 0.4) is 0 Å². The monoisotopic (exact) mass is 401 g/mol. The summed E-state index contributed by atoms with van der Waals surface area (Å²) in [5.74, 6) is -0.398. The van der Waals surface area contributed by atoms with Crippen LogP contribution in [0.2, 0.25) is 0 Å². The lowest BCUT2D eigenvalue weighted by Crippen LogP contribution is -2.43. The second kappa shape index (κ2) is 10.3. The molecule has 1 aromatic carbocycles. The lowest BCUT2D eigenvalue weighted by molar-refractivity contribution is -0.0884. The Morgan fingerprint density at radius 2 is 2.07 bits per heavy atom. The van der Waals surface area contributed by atoms with Crippen LogP contribution < -0.4 is 5.32 Å². The van der Waals surface area contributed by atoms with Gasteiger partial charge in [-0.1, -0.05) is 12.1 Å². The summed E-state index contributed by atoms with van der Waals surface area (Å²) in [7, 11) is -2.35. The van der Waals surface area contributed by atoms with Crippen molar-refractivity contribution in [3.8, 4) is 0 Å². The molecule has 2 rings (SSSR count). The summed E-state index contributed by atoms with van der Waals surface area (Å²) in [5, 5.41) is 3.30. The van der Waals surface area contributed by atoms with Crippen molar-refractivity contribution in [3.05, 3.63) is 35.4 Å². The number of benzene rings is 1. The summed E-state index contributed by atoms with van der Waals surface area (Å²) < 4.78 is 33.7. The standard InChI is InChI=1S/C18H28NO7P/c1-4-24-18(25-5-2)27(21,22)12-15-10-19-16(11-26-15)13-7-6-8-14(9-13)17(20)23-3/h6-9,15-16,18-19H,4-5,10-12H2,1-3H3,(H,21,22). The highest BCUT2D eigenvalue weighted by Crippen LogP contribution is 2.48. The molecule has 0 saturated carbocycles. The summed E-state index contributed by atoms with van der Waals surface area (Å²) in [6.07, 6.45) is -0.483. The molecule has 3 atom stereocenters. The van der Waals surface area contributed by atoms with Gasteiger partial charge in [0.2, 0.25) is 6.03 Å². The van der Waals surface area contributed by atoms with Crippen LogP contribution in [-0.4, -0.2) is 62.6 Å². The van der Waals surface area contributed by atoms with E-state index in [1.54, 1.807) is 32.0 Å². The predicted molar refractivity (Wildman–Crippen MR) is 100.0 cm³/mol. The quantitative estimate of drug-likeness (QED) is 0.369. The molecule has 1 fully saturated rings. The van der Waals surface area contributed by atoms with Crippen molar-refractivity contribution >= 4 is 13.3 Å². The number of carbonyl (C=O) groups excluding carboxylic acids is 1. The van der Waals surface area contributed by atoms with Gasteiger partial charge in [-0.25, -0.2) is 4.79 Å². The Morgan fingerprint density at radius 3 is 2.63 bits per heavy atom. The maximum absolute atomic E-state index is 12.6. The van der Waals surface area contributed by atoms with Crippen LogP contribution in [0.5, 0.6) is 0 Å². The number of nitrogens with one attached hydrogen (secondary N) is 1. The highest BCUT2D eigenvalue weighted by atomic mass is 31.2. The first-order valence-electron chi connectivity index (χ1n) is 8.99. The molecule has 27 heavy (non-hydrogen) atoms. The summed E-state index contributed by atoms with van der Waals surface area (Å²) in [6, 6.07) is 5.87. The molecule has 1 saturated heterocycles. The molecule has 1 aliphatic rings. The van der Waals surface area contributed by atoms with Crippen LogP contribution in [0.1, 0.15) is 35.8 Å². The van der Waals surface area contributed by atoms with Gasteiger partial charge >= 0.3 is 5.97 Å². The molecule has 152 valence electrons. The summed E-state index contributed by atoms with van der Waals surface area (Å²) in [4.78, 5) is 22.0. The Morgan fingerprint density at radius 1 is 1.37 bits per heavy atom. The van der Waals surface area contributed by atoms with Crippen molar-refractivity contribution < 1.29 is 33.2 Å². The number of morpholine rings is 1.